The zero-order valence-electron chi connectivity index (χ0n) is 8.77. The van der Waals surface area contributed by atoms with Gasteiger partial charge >= 0.3 is 0 Å². The highest BCUT2D eigenvalue weighted by Gasteiger charge is 2.19. The van der Waals surface area contributed by atoms with E-state index in [1.165, 1.54) is 6.20 Å². The van der Waals surface area contributed by atoms with Crippen LogP contribution in [0.5, 0.6) is 0 Å². The molecule has 0 aliphatic heterocycles. The Bertz CT molecular complexity index is 484. The largest absolute Gasteiger partial charge is 0.469 e. The molecule has 2 aromatic heterocycles. The Labute approximate surface area is 92.3 Å². The van der Waals surface area contributed by atoms with Crippen LogP contribution in [-0.4, -0.2) is 4.98 Å². The summed E-state index contributed by atoms with van der Waals surface area (Å²) in [7, 11) is 0. The van der Waals surface area contributed by atoms with Crippen molar-refractivity contribution in [1.82, 2.24) is 10.4 Å². The summed E-state index contributed by atoms with van der Waals surface area (Å²) in [5, 5.41) is 0. The van der Waals surface area contributed by atoms with Crippen molar-refractivity contribution in [3.05, 3.63) is 53.5 Å². The maximum absolute atomic E-state index is 13.6. The van der Waals surface area contributed by atoms with Gasteiger partial charge in [-0.2, -0.15) is 0 Å². The number of pyridine rings is 1. The van der Waals surface area contributed by atoms with Gasteiger partial charge in [-0.15, -0.1) is 0 Å². The van der Waals surface area contributed by atoms with Crippen LogP contribution in [0.1, 0.15) is 22.9 Å². The summed E-state index contributed by atoms with van der Waals surface area (Å²) in [4.78, 5) is 3.70. The molecule has 0 aliphatic rings. The maximum atomic E-state index is 13.6. The number of hydrazine groups is 1. The molecule has 0 amide bonds. The number of aromatic nitrogens is 1. The number of nitrogens with zero attached hydrogens (tertiary/aromatic N) is 1. The molecule has 1 unspecified atom stereocenters. The molecule has 5 heteroatoms. The van der Waals surface area contributed by atoms with Gasteiger partial charge in [0.2, 0.25) is 0 Å². The lowest BCUT2D eigenvalue weighted by molar-refractivity contribution is 0.512. The molecule has 0 radical (unpaired) electrons. The van der Waals surface area contributed by atoms with Crippen molar-refractivity contribution < 1.29 is 8.81 Å². The molecular formula is C11H12FN3O. The molecule has 2 rings (SSSR count). The first-order valence-corrected chi connectivity index (χ1v) is 4.83. The number of aryl methyl sites for hydroxylation is 1. The van der Waals surface area contributed by atoms with E-state index < -0.39 is 11.9 Å². The van der Waals surface area contributed by atoms with Crippen molar-refractivity contribution in [2.24, 2.45) is 5.84 Å². The van der Waals surface area contributed by atoms with Crippen LogP contribution >= 0.6 is 0 Å². The fourth-order valence-electron chi connectivity index (χ4n) is 1.66. The standard InChI is InChI=1S/C11H12FN3O/c1-7-8(3-5-16-7)11(15-13)9-2-4-14-6-10(9)12/h2-6,11,15H,13H2,1H3. The molecule has 0 bridgehead atoms. The molecule has 3 N–H and O–H groups in total. The van der Waals surface area contributed by atoms with Crippen LogP contribution in [-0.2, 0) is 0 Å². The number of nitrogens with two attached hydrogens (primary N) is 1. The van der Waals surface area contributed by atoms with E-state index in [0.29, 0.717) is 11.3 Å². The van der Waals surface area contributed by atoms with Crippen molar-refractivity contribution in [3.63, 3.8) is 0 Å². The molecule has 0 saturated heterocycles. The summed E-state index contributed by atoms with van der Waals surface area (Å²) >= 11 is 0. The van der Waals surface area contributed by atoms with Gasteiger partial charge in [0.25, 0.3) is 0 Å². The summed E-state index contributed by atoms with van der Waals surface area (Å²) in [6, 6.07) is 2.92. The highest BCUT2D eigenvalue weighted by atomic mass is 19.1. The fourth-order valence-corrected chi connectivity index (χ4v) is 1.66. The topological polar surface area (TPSA) is 64.1 Å². The van der Waals surface area contributed by atoms with Crippen LogP contribution in [0.4, 0.5) is 4.39 Å². The second-order valence-corrected chi connectivity index (χ2v) is 3.43. The summed E-state index contributed by atoms with van der Waals surface area (Å²) < 4.78 is 18.7. The van der Waals surface area contributed by atoms with Crippen molar-refractivity contribution in [2.45, 2.75) is 13.0 Å². The lowest BCUT2D eigenvalue weighted by Crippen LogP contribution is -2.29. The first kappa shape index (κ1) is 10.8. The molecule has 4 nitrogen and oxygen atoms in total. The zero-order valence-corrected chi connectivity index (χ0v) is 8.77. The summed E-state index contributed by atoms with van der Waals surface area (Å²) in [5.74, 6) is 5.77. The first-order valence-electron chi connectivity index (χ1n) is 4.83. The zero-order chi connectivity index (χ0) is 11.5. The molecule has 2 aromatic rings. The van der Waals surface area contributed by atoms with Gasteiger partial charge in [-0.25, -0.2) is 9.82 Å². The van der Waals surface area contributed by atoms with Crippen molar-refractivity contribution in [3.8, 4) is 0 Å². The van der Waals surface area contributed by atoms with Gasteiger partial charge in [-0.3, -0.25) is 10.8 Å². The number of rotatable bonds is 3. The third-order valence-electron chi connectivity index (χ3n) is 2.49. The van der Waals surface area contributed by atoms with Gasteiger partial charge in [0.15, 0.2) is 0 Å². The van der Waals surface area contributed by atoms with E-state index >= 15 is 0 Å². The van der Waals surface area contributed by atoms with Crippen LogP contribution < -0.4 is 11.3 Å². The number of hydrogen-bond donors (Lipinski definition) is 2. The van der Waals surface area contributed by atoms with Crippen LogP contribution in [0.25, 0.3) is 0 Å². The average molecular weight is 221 g/mol. The SMILES string of the molecule is Cc1occc1C(NN)c1ccncc1F. The minimum atomic E-state index is -0.429. The quantitative estimate of drug-likeness (QED) is 0.611. The third kappa shape index (κ3) is 1.82. The predicted octanol–water partition coefficient (Wildman–Crippen LogP) is 1.67. The number of hydrogen-bond acceptors (Lipinski definition) is 4. The normalized spacial score (nSPS) is 12.7. The van der Waals surface area contributed by atoms with Crippen molar-refractivity contribution >= 4 is 0 Å². The van der Waals surface area contributed by atoms with Crippen molar-refractivity contribution in [2.75, 3.05) is 0 Å². The monoisotopic (exact) mass is 221 g/mol. The first-order chi connectivity index (χ1) is 7.74. The van der Waals surface area contributed by atoms with Gasteiger partial charge in [0.1, 0.15) is 11.6 Å². The van der Waals surface area contributed by atoms with E-state index in [1.54, 1.807) is 25.3 Å². The van der Waals surface area contributed by atoms with Crippen LogP contribution in [0.3, 0.4) is 0 Å². The molecule has 16 heavy (non-hydrogen) atoms. The molecule has 0 fully saturated rings. The fraction of sp³-hybridized carbons (Fsp3) is 0.182. The summed E-state index contributed by atoms with van der Waals surface area (Å²) in [5.41, 5.74) is 3.83. The van der Waals surface area contributed by atoms with Crippen LogP contribution in [0, 0.1) is 12.7 Å². The Balaban J connectivity index is 2.45. The van der Waals surface area contributed by atoms with E-state index in [0.717, 1.165) is 11.8 Å². The minimum Gasteiger partial charge on any atom is -0.469 e. The van der Waals surface area contributed by atoms with Crippen LogP contribution in [0.15, 0.2) is 35.2 Å². The van der Waals surface area contributed by atoms with Crippen molar-refractivity contribution in [1.29, 1.82) is 0 Å². The molecule has 0 spiro atoms. The highest BCUT2D eigenvalue weighted by molar-refractivity contribution is 5.32. The van der Waals surface area contributed by atoms with E-state index in [-0.39, 0.29) is 0 Å². The average Bonchev–Trinajstić information content (AvgIpc) is 2.69. The second kappa shape index (κ2) is 4.42. The van der Waals surface area contributed by atoms with Gasteiger partial charge < -0.3 is 4.42 Å². The molecule has 0 saturated carbocycles. The maximum Gasteiger partial charge on any atom is 0.146 e. The van der Waals surface area contributed by atoms with E-state index in [9.17, 15) is 4.39 Å². The number of nitrogens with one attached hydrogen (secondary N) is 1. The second-order valence-electron chi connectivity index (χ2n) is 3.43. The third-order valence-corrected chi connectivity index (χ3v) is 2.49. The van der Waals surface area contributed by atoms with E-state index in [1.807, 2.05) is 0 Å². The predicted molar refractivity (Wildman–Crippen MR) is 56.8 cm³/mol. The van der Waals surface area contributed by atoms with Gasteiger partial charge in [-0.1, -0.05) is 0 Å². The van der Waals surface area contributed by atoms with Gasteiger partial charge in [0, 0.05) is 17.3 Å². The van der Waals surface area contributed by atoms with E-state index in [2.05, 4.69) is 10.4 Å². The summed E-state index contributed by atoms with van der Waals surface area (Å²) in [6.07, 6.45) is 4.24. The molecule has 0 aromatic carbocycles. The molecule has 84 valence electrons. The summed E-state index contributed by atoms with van der Waals surface area (Å²) in [6.45, 7) is 1.80. The smallest absolute Gasteiger partial charge is 0.146 e. The van der Waals surface area contributed by atoms with Crippen LogP contribution in [0.2, 0.25) is 0 Å². The van der Waals surface area contributed by atoms with E-state index in [4.69, 9.17) is 10.3 Å². The lowest BCUT2D eigenvalue weighted by atomic mass is 10.0. The number of halogens is 1. The minimum absolute atomic E-state index is 0.397. The molecule has 2 heterocycles. The highest BCUT2D eigenvalue weighted by Crippen LogP contribution is 2.26. The molecule has 0 aliphatic carbocycles. The Hall–Kier alpha value is -1.72. The Morgan fingerprint density at radius 1 is 1.44 bits per heavy atom. The Morgan fingerprint density at radius 2 is 2.25 bits per heavy atom. The lowest BCUT2D eigenvalue weighted by Gasteiger charge is -2.15. The Kier molecular flexibility index (Phi) is 2.98. The van der Waals surface area contributed by atoms with Gasteiger partial charge in [-0.05, 0) is 19.1 Å². The Morgan fingerprint density at radius 3 is 2.81 bits per heavy atom. The number of furan rings is 1. The molecule has 1 atom stereocenters. The molecular weight excluding hydrogens is 209 g/mol. The van der Waals surface area contributed by atoms with Gasteiger partial charge in [0.05, 0.1) is 18.5 Å².